The molecule has 0 aromatic rings. The predicted octanol–water partition coefficient (Wildman–Crippen LogP) is 0.407. The van der Waals surface area contributed by atoms with Crippen molar-refractivity contribution < 1.29 is 19.5 Å². The van der Waals surface area contributed by atoms with Crippen LogP contribution in [-0.2, 0) is 9.59 Å². The zero-order chi connectivity index (χ0) is 14.8. The zero-order valence-corrected chi connectivity index (χ0v) is 11.7. The first-order valence-corrected chi connectivity index (χ1v) is 6.45. The van der Waals surface area contributed by atoms with Crippen LogP contribution in [0.4, 0.5) is 4.79 Å². The van der Waals surface area contributed by atoms with Crippen molar-refractivity contribution in [2.75, 3.05) is 20.1 Å². The fourth-order valence-corrected chi connectivity index (χ4v) is 1.56. The highest BCUT2D eigenvalue weighted by molar-refractivity contribution is 5.86. The van der Waals surface area contributed by atoms with Crippen molar-refractivity contribution in [3.63, 3.8) is 0 Å². The summed E-state index contributed by atoms with van der Waals surface area (Å²) in [6.07, 6.45) is 1.71. The van der Waals surface area contributed by atoms with E-state index in [4.69, 9.17) is 5.11 Å². The van der Waals surface area contributed by atoms with Crippen LogP contribution in [0.15, 0.2) is 0 Å². The maximum Gasteiger partial charge on any atom is 0.326 e. The lowest BCUT2D eigenvalue weighted by Gasteiger charge is -2.24. The summed E-state index contributed by atoms with van der Waals surface area (Å²) in [4.78, 5) is 35.5. The highest BCUT2D eigenvalue weighted by atomic mass is 16.4. The van der Waals surface area contributed by atoms with Gasteiger partial charge in [0.1, 0.15) is 12.6 Å². The topological polar surface area (TPSA) is 98.7 Å². The van der Waals surface area contributed by atoms with Crippen molar-refractivity contribution in [3.8, 4) is 0 Å². The van der Waals surface area contributed by atoms with Crippen LogP contribution in [0.5, 0.6) is 0 Å². The number of carboxylic acid groups (broad SMARTS) is 1. The van der Waals surface area contributed by atoms with Crippen molar-refractivity contribution in [1.29, 1.82) is 0 Å². The molecule has 0 aromatic heterocycles. The number of likely N-dealkylation sites (N-methyl/N-ethyl adjacent to an activating group) is 1. The van der Waals surface area contributed by atoms with Gasteiger partial charge in [0.25, 0.3) is 0 Å². The number of urea groups is 1. The van der Waals surface area contributed by atoms with Gasteiger partial charge in [0.15, 0.2) is 0 Å². The number of carbonyl (C=O) groups is 3. The van der Waals surface area contributed by atoms with Crippen LogP contribution in [0.2, 0.25) is 0 Å². The SMILES string of the molecule is CCC[C@@H](NC(=O)N(CCC)CC(=O)NC)C(=O)O. The number of hydrogen-bond acceptors (Lipinski definition) is 3. The molecule has 0 saturated carbocycles. The summed E-state index contributed by atoms with van der Waals surface area (Å²) in [5, 5.41) is 13.9. The van der Waals surface area contributed by atoms with E-state index >= 15 is 0 Å². The normalized spacial score (nSPS) is 11.5. The van der Waals surface area contributed by atoms with Gasteiger partial charge in [-0.1, -0.05) is 20.3 Å². The van der Waals surface area contributed by atoms with Crippen molar-refractivity contribution in [3.05, 3.63) is 0 Å². The molecule has 110 valence electrons. The Bertz CT molecular complexity index is 318. The number of nitrogens with one attached hydrogen (secondary N) is 2. The number of amides is 3. The summed E-state index contributed by atoms with van der Waals surface area (Å²) < 4.78 is 0. The van der Waals surface area contributed by atoms with E-state index in [2.05, 4.69) is 10.6 Å². The molecule has 3 amide bonds. The van der Waals surface area contributed by atoms with E-state index in [1.807, 2.05) is 13.8 Å². The highest BCUT2D eigenvalue weighted by Gasteiger charge is 2.23. The Balaban J connectivity index is 4.60. The molecule has 0 spiro atoms. The van der Waals surface area contributed by atoms with Crippen molar-refractivity contribution in [2.45, 2.75) is 39.2 Å². The van der Waals surface area contributed by atoms with Gasteiger partial charge in [0.05, 0.1) is 0 Å². The summed E-state index contributed by atoms with van der Waals surface area (Å²) in [6.45, 7) is 4.05. The van der Waals surface area contributed by atoms with Gasteiger partial charge in [-0.2, -0.15) is 0 Å². The fraction of sp³-hybridized carbons (Fsp3) is 0.750. The Morgan fingerprint density at radius 1 is 1.21 bits per heavy atom. The molecule has 0 aromatic carbocycles. The van der Waals surface area contributed by atoms with Gasteiger partial charge in [-0.3, -0.25) is 4.79 Å². The molecule has 1 atom stereocenters. The molecule has 0 rings (SSSR count). The second-order valence-electron chi connectivity index (χ2n) is 4.22. The van der Waals surface area contributed by atoms with Crippen LogP contribution in [0.25, 0.3) is 0 Å². The summed E-state index contributed by atoms with van der Waals surface area (Å²) >= 11 is 0. The quantitative estimate of drug-likeness (QED) is 0.596. The molecular formula is C12H23N3O4. The molecule has 0 bridgehead atoms. The molecule has 7 heteroatoms. The van der Waals surface area contributed by atoms with Crippen molar-refractivity contribution >= 4 is 17.9 Å². The second kappa shape index (κ2) is 9.18. The predicted molar refractivity (Wildman–Crippen MR) is 70.8 cm³/mol. The molecule has 0 heterocycles. The number of carbonyl (C=O) groups excluding carboxylic acids is 2. The lowest BCUT2D eigenvalue weighted by molar-refractivity contribution is -0.139. The highest BCUT2D eigenvalue weighted by Crippen LogP contribution is 2.00. The van der Waals surface area contributed by atoms with E-state index in [1.54, 1.807) is 0 Å². The van der Waals surface area contributed by atoms with Gasteiger partial charge < -0.3 is 20.6 Å². The minimum atomic E-state index is -1.06. The second-order valence-corrected chi connectivity index (χ2v) is 4.22. The Morgan fingerprint density at radius 2 is 1.84 bits per heavy atom. The maximum absolute atomic E-state index is 11.9. The first-order chi connectivity index (χ1) is 8.96. The molecular weight excluding hydrogens is 250 g/mol. The molecule has 0 fully saturated rings. The fourth-order valence-electron chi connectivity index (χ4n) is 1.56. The number of rotatable bonds is 8. The lowest BCUT2D eigenvalue weighted by Crippen LogP contribution is -2.50. The van der Waals surface area contributed by atoms with Crippen LogP contribution in [-0.4, -0.2) is 54.1 Å². The van der Waals surface area contributed by atoms with Crippen LogP contribution < -0.4 is 10.6 Å². The van der Waals surface area contributed by atoms with Gasteiger partial charge in [-0.05, 0) is 12.8 Å². The van der Waals surface area contributed by atoms with E-state index < -0.39 is 18.0 Å². The van der Waals surface area contributed by atoms with Crippen molar-refractivity contribution in [1.82, 2.24) is 15.5 Å². The first-order valence-electron chi connectivity index (χ1n) is 6.45. The Labute approximate surface area is 113 Å². The summed E-state index contributed by atoms with van der Waals surface area (Å²) in [5.74, 6) is -1.35. The van der Waals surface area contributed by atoms with Gasteiger partial charge in [0.2, 0.25) is 5.91 Å². The molecule has 0 aliphatic heterocycles. The minimum absolute atomic E-state index is 0.0748. The smallest absolute Gasteiger partial charge is 0.326 e. The van der Waals surface area contributed by atoms with Crippen LogP contribution in [0.1, 0.15) is 33.1 Å². The van der Waals surface area contributed by atoms with Crippen LogP contribution in [0.3, 0.4) is 0 Å². The van der Waals surface area contributed by atoms with Crippen LogP contribution >= 0.6 is 0 Å². The van der Waals surface area contributed by atoms with E-state index in [1.165, 1.54) is 11.9 Å². The summed E-state index contributed by atoms with van der Waals surface area (Å²) in [5.41, 5.74) is 0. The number of carboxylic acids is 1. The third-order valence-corrected chi connectivity index (χ3v) is 2.57. The molecule has 3 N–H and O–H groups in total. The van der Waals surface area contributed by atoms with E-state index in [0.29, 0.717) is 25.8 Å². The third kappa shape index (κ3) is 6.64. The average Bonchev–Trinajstić information content (AvgIpc) is 2.37. The molecule has 0 aliphatic rings. The van der Waals surface area contributed by atoms with Gasteiger partial charge in [-0.15, -0.1) is 0 Å². The average molecular weight is 273 g/mol. The minimum Gasteiger partial charge on any atom is -0.480 e. The van der Waals surface area contributed by atoms with Crippen LogP contribution in [0, 0.1) is 0 Å². The Morgan fingerprint density at radius 3 is 2.26 bits per heavy atom. The van der Waals surface area contributed by atoms with Gasteiger partial charge in [0, 0.05) is 13.6 Å². The number of nitrogens with zero attached hydrogens (tertiary/aromatic N) is 1. The van der Waals surface area contributed by atoms with Gasteiger partial charge in [-0.25, -0.2) is 9.59 Å². The zero-order valence-electron chi connectivity index (χ0n) is 11.7. The number of aliphatic carboxylic acids is 1. The van der Waals surface area contributed by atoms with Crippen molar-refractivity contribution in [2.24, 2.45) is 0 Å². The van der Waals surface area contributed by atoms with E-state index in [0.717, 1.165) is 0 Å². The number of hydrogen-bond donors (Lipinski definition) is 3. The standard InChI is InChI=1S/C12H23N3O4/c1-4-6-9(11(17)18)14-12(19)15(7-5-2)8-10(16)13-3/h9H,4-8H2,1-3H3,(H,13,16)(H,14,19)(H,17,18)/t9-/m1/s1. The monoisotopic (exact) mass is 273 g/mol. The van der Waals surface area contributed by atoms with Gasteiger partial charge >= 0.3 is 12.0 Å². The van der Waals surface area contributed by atoms with E-state index in [-0.39, 0.29) is 12.5 Å². The Hall–Kier alpha value is -1.79. The summed E-state index contributed by atoms with van der Waals surface area (Å²) in [7, 11) is 1.49. The first kappa shape index (κ1) is 17.2. The molecule has 19 heavy (non-hydrogen) atoms. The van der Waals surface area contributed by atoms with E-state index in [9.17, 15) is 14.4 Å². The molecule has 7 nitrogen and oxygen atoms in total. The lowest BCUT2D eigenvalue weighted by atomic mass is 10.2. The summed E-state index contributed by atoms with van der Waals surface area (Å²) in [6, 6.07) is -1.44. The Kier molecular flexibility index (Phi) is 8.32. The third-order valence-electron chi connectivity index (χ3n) is 2.57. The molecule has 0 aliphatic carbocycles. The molecule has 0 saturated heterocycles. The molecule has 0 radical (unpaired) electrons. The molecule has 0 unspecified atom stereocenters. The maximum atomic E-state index is 11.9. The largest absolute Gasteiger partial charge is 0.480 e.